The van der Waals surface area contributed by atoms with Crippen LogP contribution in [0.25, 0.3) is 6.08 Å². The molecule has 22 heavy (non-hydrogen) atoms. The van der Waals surface area contributed by atoms with Gasteiger partial charge in [-0.2, -0.15) is 0 Å². The molecule has 110 valence electrons. The number of carboxylic acids is 1. The molecule has 1 N–H and O–H groups in total. The largest absolute Gasteiger partial charge is 0.480 e. The number of fused-ring (bicyclic) bond motifs is 2. The van der Waals surface area contributed by atoms with Crippen LogP contribution >= 0.6 is 0 Å². The average Bonchev–Trinajstić information content (AvgIpc) is 3.01. The Morgan fingerprint density at radius 2 is 1.86 bits per heavy atom. The van der Waals surface area contributed by atoms with Crippen molar-refractivity contribution in [2.24, 2.45) is 0 Å². The average molecular weight is 296 g/mol. The van der Waals surface area contributed by atoms with Crippen LogP contribution in [0, 0.1) is 0 Å². The normalized spacial score (nSPS) is 18.2. The Morgan fingerprint density at radius 3 is 2.73 bits per heavy atom. The van der Waals surface area contributed by atoms with Crippen molar-refractivity contribution in [3.8, 4) is 17.2 Å². The minimum Gasteiger partial charge on any atom is -0.480 e. The lowest BCUT2D eigenvalue weighted by molar-refractivity contribution is -0.133. The van der Waals surface area contributed by atoms with E-state index in [1.54, 1.807) is 24.3 Å². The molecule has 0 amide bonds. The molecule has 0 aliphatic carbocycles. The zero-order valence-electron chi connectivity index (χ0n) is 11.5. The molecule has 2 aromatic carbocycles. The number of aliphatic carboxylic acids is 1. The maximum atomic E-state index is 11.6. The highest BCUT2D eigenvalue weighted by Gasteiger charge is 2.30. The summed E-state index contributed by atoms with van der Waals surface area (Å²) < 4.78 is 16.5. The molecule has 2 aliphatic rings. The van der Waals surface area contributed by atoms with Crippen LogP contribution in [0.1, 0.15) is 17.2 Å². The van der Waals surface area contributed by atoms with Crippen molar-refractivity contribution in [3.63, 3.8) is 0 Å². The highest BCUT2D eigenvalue weighted by atomic mass is 16.7. The van der Waals surface area contributed by atoms with Crippen LogP contribution in [0.3, 0.4) is 0 Å². The summed E-state index contributed by atoms with van der Waals surface area (Å²) in [5.74, 6) is 0.915. The second kappa shape index (κ2) is 4.80. The van der Waals surface area contributed by atoms with Crippen LogP contribution in [0.4, 0.5) is 0 Å². The Labute approximate surface area is 126 Å². The Morgan fingerprint density at radius 1 is 1.05 bits per heavy atom. The molecule has 1 unspecified atom stereocenters. The van der Waals surface area contributed by atoms with Gasteiger partial charge in [0.15, 0.2) is 17.6 Å². The predicted octanol–water partition coefficient (Wildman–Crippen LogP) is 3.02. The monoisotopic (exact) mass is 296 g/mol. The smallest absolute Gasteiger partial charge is 0.335 e. The fraction of sp³-hybridized carbons (Fsp3) is 0.118. The van der Waals surface area contributed by atoms with Gasteiger partial charge in [0.1, 0.15) is 5.75 Å². The van der Waals surface area contributed by atoms with E-state index in [1.165, 1.54) is 0 Å². The van der Waals surface area contributed by atoms with Crippen LogP contribution in [-0.2, 0) is 4.79 Å². The summed E-state index contributed by atoms with van der Waals surface area (Å²) in [6.45, 7) is 0.175. The van der Waals surface area contributed by atoms with E-state index < -0.39 is 12.1 Å². The Kier molecular flexibility index (Phi) is 2.79. The number of ether oxygens (including phenoxy) is 3. The van der Waals surface area contributed by atoms with Crippen LogP contribution in [0.5, 0.6) is 17.2 Å². The lowest BCUT2D eigenvalue weighted by atomic mass is 9.96. The maximum absolute atomic E-state index is 11.6. The molecule has 1 atom stereocenters. The molecule has 0 aromatic heterocycles. The summed E-state index contributed by atoms with van der Waals surface area (Å²) in [7, 11) is 0. The fourth-order valence-electron chi connectivity index (χ4n) is 2.64. The molecule has 4 rings (SSSR count). The Hall–Kier alpha value is -2.95. The third-order valence-corrected chi connectivity index (χ3v) is 3.70. The van der Waals surface area contributed by atoms with E-state index in [9.17, 15) is 9.90 Å². The highest BCUT2D eigenvalue weighted by Crippen LogP contribution is 2.41. The van der Waals surface area contributed by atoms with Crippen LogP contribution < -0.4 is 14.2 Å². The highest BCUT2D eigenvalue weighted by molar-refractivity contribution is 5.95. The fourth-order valence-corrected chi connectivity index (χ4v) is 2.64. The van der Waals surface area contributed by atoms with E-state index >= 15 is 0 Å². The van der Waals surface area contributed by atoms with Crippen molar-refractivity contribution in [1.29, 1.82) is 0 Å². The molecule has 0 fully saturated rings. The molecule has 2 heterocycles. The van der Waals surface area contributed by atoms with Gasteiger partial charge in [-0.05, 0) is 24.3 Å². The number of hydrogen-bond donors (Lipinski definition) is 1. The molecular weight excluding hydrogens is 284 g/mol. The van der Waals surface area contributed by atoms with Gasteiger partial charge in [0.25, 0.3) is 0 Å². The number of carboxylic acid groups (broad SMARTS) is 1. The van der Waals surface area contributed by atoms with E-state index in [-0.39, 0.29) is 12.4 Å². The van der Waals surface area contributed by atoms with Gasteiger partial charge in [-0.25, -0.2) is 4.79 Å². The molecule has 5 nitrogen and oxygen atoms in total. The first kappa shape index (κ1) is 12.8. The van der Waals surface area contributed by atoms with Crippen molar-refractivity contribution in [2.45, 2.75) is 6.10 Å². The second-order valence-corrected chi connectivity index (χ2v) is 5.05. The van der Waals surface area contributed by atoms with Gasteiger partial charge in [0.05, 0.1) is 5.57 Å². The Balaban J connectivity index is 1.79. The molecule has 0 saturated carbocycles. The lowest BCUT2D eigenvalue weighted by Gasteiger charge is -2.25. The minimum absolute atomic E-state index is 0.175. The predicted molar refractivity (Wildman–Crippen MR) is 78.0 cm³/mol. The third kappa shape index (κ3) is 1.98. The van der Waals surface area contributed by atoms with Crippen molar-refractivity contribution < 1.29 is 24.1 Å². The van der Waals surface area contributed by atoms with Crippen molar-refractivity contribution >= 4 is 12.0 Å². The number of rotatable bonds is 2. The van der Waals surface area contributed by atoms with Crippen molar-refractivity contribution in [3.05, 3.63) is 59.2 Å². The Bertz CT molecular complexity index is 793. The van der Waals surface area contributed by atoms with E-state index in [0.717, 1.165) is 5.56 Å². The molecule has 0 spiro atoms. The SMILES string of the molecule is O=C(O)C1=Cc2ccccc2OC1c1ccc2c(c1)OCO2. The van der Waals surface area contributed by atoms with Gasteiger partial charge in [-0.15, -0.1) is 0 Å². The van der Waals surface area contributed by atoms with Gasteiger partial charge in [-0.1, -0.05) is 24.3 Å². The van der Waals surface area contributed by atoms with Crippen LogP contribution in [0.2, 0.25) is 0 Å². The molecule has 0 radical (unpaired) electrons. The number of hydrogen-bond acceptors (Lipinski definition) is 4. The number of para-hydroxylation sites is 1. The van der Waals surface area contributed by atoms with Gasteiger partial charge in [0.2, 0.25) is 6.79 Å². The van der Waals surface area contributed by atoms with E-state index in [1.807, 2.05) is 24.3 Å². The lowest BCUT2D eigenvalue weighted by Crippen LogP contribution is -2.20. The molecule has 2 aromatic rings. The zero-order valence-corrected chi connectivity index (χ0v) is 11.5. The first-order chi connectivity index (χ1) is 10.7. The molecule has 2 aliphatic heterocycles. The summed E-state index contributed by atoms with van der Waals surface area (Å²) in [5.41, 5.74) is 1.67. The summed E-state index contributed by atoms with van der Waals surface area (Å²) >= 11 is 0. The maximum Gasteiger partial charge on any atom is 0.335 e. The summed E-state index contributed by atoms with van der Waals surface area (Å²) in [6, 6.07) is 12.7. The summed E-state index contributed by atoms with van der Waals surface area (Å²) in [6.07, 6.45) is 0.970. The first-order valence-electron chi connectivity index (χ1n) is 6.82. The molecule has 5 heteroatoms. The van der Waals surface area contributed by atoms with E-state index in [2.05, 4.69) is 0 Å². The molecule has 0 bridgehead atoms. The van der Waals surface area contributed by atoms with E-state index in [0.29, 0.717) is 22.8 Å². The standard InChI is InChI=1S/C17H12O5/c18-17(19)12-7-10-3-1-2-4-13(10)22-16(12)11-5-6-14-15(8-11)21-9-20-14/h1-8,16H,9H2,(H,18,19). The summed E-state index contributed by atoms with van der Waals surface area (Å²) in [4.78, 5) is 11.6. The first-order valence-corrected chi connectivity index (χ1v) is 6.82. The zero-order chi connectivity index (χ0) is 15.1. The van der Waals surface area contributed by atoms with Gasteiger partial charge in [0, 0.05) is 11.1 Å². The number of benzene rings is 2. The molecule has 0 saturated heterocycles. The van der Waals surface area contributed by atoms with Crippen molar-refractivity contribution in [2.75, 3.05) is 6.79 Å². The topological polar surface area (TPSA) is 65.0 Å². The molecular formula is C17H12O5. The summed E-state index contributed by atoms with van der Waals surface area (Å²) in [5, 5.41) is 9.48. The van der Waals surface area contributed by atoms with Crippen LogP contribution in [0.15, 0.2) is 48.0 Å². The quantitative estimate of drug-likeness (QED) is 0.922. The van der Waals surface area contributed by atoms with Gasteiger partial charge >= 0.3 is 5.97 Å². The van der Waals surface area contributed by atoms with Crippen molar-refractivity contribution in [1.82, 2.24) is 0 Å². The second-order valence-electron chi connectivity index (χ2n) is 5.05. The number of carbonyl (C=O) groups is 1. The van der Waals surface area contributed by atoms with Crippen LogP contribution in [-0.4, -0.2) is 17.9 Å². The minimum atomic E-state index is -1.00. The van der Waals surface area contributed by atoms with Gasteiger partial charge in [-0.3, -0.25) is 0 Å². The third-order valence-electron chi connectivity index (χ3n) is 3.70. The van der Waals surface area contributed by atoms with Gasteiger partial charge < -0.3 is 19.3 Å². The van der Waals surface area contributed by atoms with E-state index in [4.69, 9.17) is 14.2 Å².